The molecule has 0 radical (unpaired) electrons. The van der Waals surface area contributed by atoms with Crippen molar-refractivity contribution in [1.29, 1.82) is 0 Å². The van der Waals surface area contributed by atoms with Gasteiger partial charge in [0.1, 0.15) is 12.0 Å². The maximum atomic E-state index is 5.11. The molecular weight excluding hydrogens is 148 g/mol. The monoisotopic (exact) mass is 164 g/mol. The Hall–Kier alpha value is -0.460. The molecule has 2 aliphatic carbocycles. The van der Waals surface area contributed by atoms with Crippen LogP contribution < -0.4 is 0 Å². The lowest BCUT2D eigenvalue weighted by atomic mass is 9.60. The van der Waals surface area contributed by atoms with Crippen LogP contribution in [0, 0.1) is 17.8 Å². The van der Waals surface area contributed by atoms with Gasteiger partial charge in [-0.1, -0.05) is 12.8 Å². The van der Waals surface area contributed by atoms with Crippen molar-refractivity contribution in [2.45, 2.75) is 38.5 Å². The maximum absolute atomic E-state index is 5.11. The fourth-order valence-electron chi connectivity index (χ4n) is 3.08. The van der Waals surface area contributed by atoms with Crippen molar-refractivity contribution in [1.82, 2.24) is 0 Å². The van der Waals surface area contributed by atoms with E-state index in [0.717, 1.165) is 17.8 Å². The molecule has 3 rings (SSSR count). The molecule has 2 fully saturated rings. The minimum absolute atomic E-state index is 0.978. The van der Waals surface area contributed by atoms with E-state index in [1.807, 2.05) is 6.26 Å². The highest BCUT2D eigenvalue weighted by molar-refractivity contribution is 5.05. The molecule has 0 saturated heterocycles. The van der Waals surface area contributed by atoms with Crippen LogP contribution in [0.4, 0.5) is 0 Å². The summed E-state index contributed by atoms with van der Waals surface area (Å²) in [5.41, 5.74) is 0. The zero-order valence-corrected chi connectivity index (χ0v) is 7.46. The van der Waals surface area contributed by atoms with Crippen LogP contribution in [0.2, 0.25) is 0 Å². The standard InChI is InChI=1S/C11H16O/c1-2-8-4-5-11(8)9(3-1)6-10-7-12-10/h7-9,11H,1-6H2. The Kier molecular flexibility index (Phi) is 1.46. The summed E-state index contributed by atoms with van der Waals surface area (Å²) in [5, 5.41) is 0. The van der Waals surface area contributed by atoms with Crippen molar-refractivity contribution in [2.75, 3.05) is 0 Å². The van der Waals surface area contributed by atoms with Gasteiger partial charge in [-0.3, -0.25) is 0 Å². The third-order valence-electron chi connectivity index (χ3n) is 3.98. The van der Waals surface area contributed by atoms with Gasteiger partial charge in [0.2, 0.25) is 0 Å². The van der Waals surface area contributed by atoms with E-state index in [2.05, 4.69) is 0 Å². The van der Waals surface area contributed by atoms with Crippen LogP contribution in [0.15, 0.2) is 12.0 Å². The highest BCUT2D eigenvalue weighted by atomic mass is 16.5. The molecule has 12 heavy (non-hydrogen) atoms. The molecule has 0 bridgehead atoms. The third-order valence-corrected chi connectivity index (χ3v) is 3.98. The molecular formula is C11H16O. The normalized spacial score (nSPS) is 43.7. The number of rotatable bonds is 2. The molecule has 0 aromatic rings. The first kappa shape index (κ1) is 6.99. The Morgan fingerprint density at radius 3 is 2.83 bits per heavy atom. The molecule has 0 amide bonds. The summed E-state index contributed by atoms with van der Waals surface area (Å²) < 4.78 is 5.11. The molecule has 0 spiro atoms. The van der Waals surface area contributed by atoms with Crippen LogP contribution in [-0.4, -0.2) is 0 Å². The lowest BCUT2D eigenvalue weighted by Crippen LogP contribution is -2.36. The molecule has 66 valence electrons. The van der Waals surface area contributed by atoms with Crippen LogP contribution in [0.25, 0.3) is 0 Å². The molecule has 3 atom stereocenters. The van der Waals surface area contributed by atoms with Gasteiger partial charge in [0.25, 0.3) is 0 Å². The van der Waals surface area contributed by atoms with E-state index in [4.69, 9.17) is 4.74 Å². The van der Waals surface area contributed by atoms with Gasteiger partial charge >= 0.3 is 0 Å². The van der Waals surface area contributed by atoms with Crippen molar-refractivity contribution in [3.63, 3.8) is 0 Å². The second-order valence-electron chi connectivity index (χ2n) is 4.60. The largest absolute Gasteiger partial charge is 0.463 e. The maximum Gasteiger partial charge on any atom is 0.139 e. The predicted molar refractivity (Wildman–Crippen MR) is 47.3 cm³/mol. The van der Waals surface area contributed by atoms with Gasteiger partial charge in [-0.05, 0) is 37.0 Å². The van der Waals surface area contributed by atoms with E-state index in [-0.39, 0.29) is 0 Å². The van der Waals surface area contributed by atoms with Gasteiger partial charge in [0, 0.05) is 6.42 Å². The van der Waals surface area contributed by atoms with Crippen LogP contribution in [0.3, 0.4) is 0 Å². The summed E-state index contributed by atoms with van der Waals surface area (Å²) in [5.74, 6) is 4.42. The Morgan fingerprint density at radius 2 is 2.17 bits per heavy atom. The molecule has 0 aromatic heterocycles. The van der Waals surface area contributed by atoms with E-state index in [1.165, 1.54) is 44.3 Å². The topological polar surface area (TPSA) is 12.5 Å². The minimum atomic E-state index is 0.978. The molecule has 3 unspecified atom stereocenters. The van der Waals surface area contributed by atoms with Crippen LogP contribution in [-0.2, 0) is 4.74 Å². The van der Waals surface area contributed by atoms with E-state index in [0.29, 0.717) is 0 Å². The number of fused-ring (bicyclic) bond motifs is 1. The van der Waals surface area contributed by atoms with Crippen molar-refractivity contribution in [3.05, 3.63) is 12.0 Å². The lowest BCUT2D eigenvalue weighted by Gasteiger charge is -2.45. The highest BCUT2D eigenvalue weighted by Crippen LogP contribution is 2.50. The Morgan fingerprint density at radius 1 is 1.25 bits per heavy atom. The highest BCUT2D eigenvalue weighted by Gasteiger charge is 2.40. The molecule has 1 heteroatoms. The first-order valence-corrected chi connectivity index (χ1v) is 5.29. The fraction of sp³-hybridized carbons (Fsp3) is 0.818. The average Bonchev–Trinajstić information content (AvgIpc) is 2.77. The quantitative estimate of drug-likeness (QED) is 0.611. The summed E-state index contributed by atoms with van der Waals surface area (Å²) >= 11 is 0. The molecule has 0 N–H and O–H groups in total. The van der Waals surface area contributed by atoms with E-state index >= 15 is 0 Å². The Bertz CT molecular complexity index is 219. The van der Waals surface area contributed by atoms with Crippen molar-refractivity contribution in [2.24, 2.45) is 17.8 Å². The minimum Gasteiger partial charge on any atom is -0.463 e. The Labute approximate surface area is 73.8 Å². The summed E-state index contributed by atoms with van der Waals surface area (Å²) in [6.07, 6.45) is 10.6. The van der Waals surface area contributed by atoms with Gasteiger partial charge in [0.15, 0.2) is 0 Å². The van der Waals surface area contributed by atoms with Gasteiger partial charge in [-0.2, -0.15) is 0 Å². The lowest BCUT2D eigenvalue weighted by molar-refractivity contribution is 0.0507. The summed E-state index contributed by atoms with van der Waals surface area (Å²) in [4.78, 5) is 0. The number of allylic oxidation sites excluding steroid dienone is 1. The Balaban J connectivity index is 1.63. The van der Waals surface area contributed by atoms with Gasteiger partial charge in [0.05, 0.1) is 0 Å². The second-order valence-corrected chi connectivity index (χ2v) is 4.60. The number of hydrogen-bond donors (Lipinski definition) is 0. The predicted octanol–water partition coefficient (Wildman–Crippen LogP) is 3.07. The van der Waals surface area contributed by atoms with Crippen LogP contribution in [0.1, 0.15) is 38.5 Å². The van der Waals surface area contributed by atoms with Crippen LogP contribution in [0.5, 0.6) is 0 Å². The zero-order valence-electron chi connectivity index (χ0n) is 7.46. The molecule has 1 aliphatic heterocycles. The molecule has 0 aromatic carbocycles. The average molecular weight is 164 g/mol. The van der Waals surface area contributed by atoms with Gasteiger partial charge in [-0.15, -0.1) is 0 Å². The molecule has 1 nitrogen and oxygen atoms in total. The SMILES string of the molecule is C1=C(CC2CCCC3CCC32)O1. The summed E-state index contributed by atoms with van der Waals surface area (Å²) in [6.45, 7) is 0. The van der Waals surface area contributed by atoms with Gasteiger partial charge < -0.3 is 4.74 Å². The zero-order chi connectivity index (χ0) is 7.97. The van der Waals surface area contributed by atoms with E-state index in [1.54, 1.807) is 0 Å². The summed E-state index contributed by atoms with van der Waals surface area (Å²) in [7, 11) is 0. The van der Waals surface area contributed by atoms with Crippen molar-refractivity contribution < 1.29 is 4.74 Å². The molecule has 2 saturated carbocycles. The summed E-state index contributed by atoms with van der Waals surface area (Å²) in [6, 6.07) is 0. The number of hydrogen-bond acceptors (Lipinski definition) is 1. The number of ether oxygens (including phenoxy) is 1. The first-order chi connectivity index (χ1) is 5.93. The van der Waals surface area contributed by atoms with E-state index < -0.39 is 0 Å². The van der Waals surface area contributed by atoms with Crippen molar-refractivity contribution >= 4 is 0 Å². The third kappa shape index (κ3) is 1.07. The fourth-order valence-corrected chi connectivity index (χ4v) is 3.08. The van der Waals surface area contributed by atoms with Gasteiger partial charge in [-0.25, -0.2) is 0 Å². The van der Waals surface area contributed by atoms with E-state index in [9.17, 15) is 0 Å². The van der Waals surface area contributed by atoms with Crippen LogP contribution >= 0.6 is 0 Å². The smallest absolute Gasteiger partial charge is 0.139 e. The second kappa shape index (κ2) is 2.51. The van der Waals surface area contributed by atoms with Crippen molar-refractivity contribution in [3.8, 4) is 0 Å². The molecule has 3 aliphatic rings. The molecule has 1 heterocycles. The first-order valence-electron chi connectivity index (χ1n) is 5.29.